The fourth-order valence-corrected chi connectivity index (χ4v) is 1.81. The quantitative estimate of drug-likeness (QED) is 0.459. The molecule has 1 aliphatic rings. The summed E-state index contributed by atoms with van der Waals surface area (Å²) in [6.45, 7) is 1.89. The monoisotopic (exact) mass is 251 g/mol. The van der Waals surface area contributed by atoms with Crippen LogP contribution in [0, 0.1) is 0 Å². The van der Waals surface area contributed by atoms with E-state index in [2.05, 4.69) is 10.4 Å². The molecule has 0 aromatic carbocycles. The number of nitrogen functional groups attached to an aromatic ring is 1. The number of ether oxygens (including phenoxy) is 2. The second kappa shape index (κ2) is 6.44. The van der Waals surface area contributed by atoms with Crippen molar-refractivity contribution in [2.24, 2.45) is 5.84 Å². The number of pyridine rings is 1. The molecule has 3 N–H and O–H groups in total. The van der Waals surface area contributed by atoms with Crippen molar-refractivity contribution in [1.29, 1.82) is 0 Å². The maximum Gasteiger partial charge on any atom is 0.283 e. The van der Waals surface area contributed by atoms with Crippen LogP contribution in [-0.2, 0) is 16.1 Å². The van der Waals surface area contributed by atoms with E-state index < -0.39 is 5.91 Å². The van der Waals surface area contributed by atoms with Crippen LogP contribution in [0.2, 0.25) is 0 Å². The van der Waals surface area contributed by atoms with Crippen molar-refractivity contribution in [3.05, 3.63) is 29.6 Å². The van der Waals surface area contributed by atoms with Crippen molar-refractivity contribution in [3.8, 4) is 0 Å². The summed E-state index contributed by atoms with van der Waals surface area (Å²) in [5.41, 5.74) is 3.08. The molecule has 6 nitrogen and oxygen atoms in total. The Morgan fingerprint density at radius 3 is 3.00 bits per heavy atom. The molecule has 6 heteroatoms. The number of carbonyl (C=O) groups is 1. The lowest BCUT2D eigenvalue weighted by atomic mass is 10.1. The first-order valence-corrected chi connectivity index (χ1v) is 5.96. The smallest absolute Gasteiger partial charge is 0.283 e. The Kier molecular flexibility index (Phi) is 4.63. The van der Waals surface area contributed by atoms with Crippen LogP contribution in [0.25, 0.3) is 0 Å². The van der Waals surface area contributed by atoms with Gasteiger partial charge in [0.2, 0.25) is 0 Å². The van der Waals surface area contributed by atoms with E-state index in [1.165, 1.54) is 0 Å². The lowest BCUT2D eigenvalue weighted by Crippen LogP contribution is -2.31. The number of nitrogens with zero attached hydrogens (tertiary/aromatic N) is 1. The minimum Gasteiger partial charge on any atom is -0.381 e. The summed E-state index contributed by atoms with van der Waals surface area (Å²) in [5, 5.41) is 0. The van der Waals surface area contributed by atoms with Gasteiger partial charge in [0.05, 0.1) is 18.4 Å². The molecule has 1 amide bonds. The minimum absolute atomic E-state index is 0.215. The average molecular weight is 251 g/mol. The Labute approximate surface area is 105 Å². The fourth-order valence-electron chi connectivity index (χ4n) is 1.81. The van der Waals surface area contributed by atoms with Gasteiger partial charge in [0, 0.05) is 13.2 Å². The molecule has 0 atom stereocenters. The van der Waals surface area contributed by atoms with Crippen LogP contribution in [0.3, 0.4) is 0 Å². The predicted octanol–water partition coefficient (Wildman–Crippen LogP) is 0.381. The van der Waals surface area contributed by atoms with E-state index in [0.717, 1.165) is 31.7 Å². The molecule has 1 aliphatic heterocycles. The lowest BCUT2D eigenvalue weighted by Gasteiger charge is -2.22. The Bertz CT molecular complexity index is 405. The topological polar surface area (TPSA) is 86.5 Å². The zero-order chi connectivity index (χ0) is 12.8. The third kappa shape index (κ3) is 3.49. The molecule has 1 fully saturated rings. The van der Waals surface area contributed by atoms with E-state index in [4.69, 9.17) is 15.3 Å². The first-order chi connectivity index (χ1) is 8.79. The molecule has 1 saturated heterocycles. The van der Waals surface area contributed by atoms with Gasteiger partial charge in [-0.15, -0.1) is 0 Å². The number of hydrogen-bond acceptors (Lipinski definition) is 5. The minimum atomic E-state index is -0.400. The largest absolute Gasteiger partial charge is 0.381 e. The third-order valence-corrected chi connectivity index (χ3v) is 2.81. The molecular weight excluding hydrogens is 234 g/mol. The van der Waals surface area contributed by atoms with Crippen LogP contribution < -0.4 is 11.3 Å². The summed E-state index contributed by atoms with van der Waals surface area (Å²) in [4.78, 5) is 15.5. The highest BCUT2D eigenvalue weighted by Gasteiger charge is 2.14. The standard InChI is InChI=1S/C12H17N3O3/c13-15-12(16)11-3-1-2-9(14-11)8-18-10-4-6-17-7-5-10/h1-3,10H,4-8,13H2,(H,15,16). The number of amides is 1. The van der Waals surface area contributed by atoms with Gasteiger partial charge in [-0.05, 0) is 25.0 Å². The van der Waals surface area contributed by atoms with Gasteiger partial charge in [0.25, 0.3) is 5.91 Å². The number of nitrogens with one attached hydrogen (secondary N) is 1. The van der Waals surface area contributed by atoms with E-state index in [1.54, 1.807) is 12.1 Å². The third-order valence-electron chi connectivity index (χ3n) is 2.81. The van der Waals surface area contributed by atoms with Crippen LogP contribution in [0.15, 0.2) is 18.2 Å². The van der Waals surface area contributed by atoms with Gasteiger partial charge in [-0.1, -0.05) is 6.07 Å². The fraction of sp³-hybridized carbons (Fsp3) is 0.500. The zero-order valence-corrected chi connectivity index (χ0v) is 10.1. The molecule has 0 unspecified atom stereocenters. The van der Waals surface area contributed by atoms with Crippen molar-refractivity contribution >= 4 is 5.91 Å². The molecule has 0 saturated carbocycles. The van der Waals surface area contributed by atoms with Crippen LogP contribution in [-0.4, -0.2) is 30.2 Å². The van der Waals surface area contributed by atoms with Crippen molar-refractivity contribution < 1.29 is 14.3 Å². The van der Waals surface area contributed by atoms with Crippen LogP contribution in [0.4, 0.5) is 0 Å². The second-order valence-corrected chi connectivity index (χ2v) is 4.11. The highest BCUT2D eigenvalue weighted by atomic mass is 16.5. The average Bonchev–Trinajstić information content (AvgIpc) is 2.45. The van der Waals surface area contributed by atoms with Crippen molar-refractivity contribution in [3.63, 3.8) is 0 Å². The van der Waals surface area contributed by atoms with E-state index >= 15 is 0 Å². The number of hydrogen-bond donors (Lipinski definition) is 2. The summed E-state index contributed by atoms with van der Waals surface area (Å²) < 4.78 is 11.0. The SMILES string of the molecule is NNC(=O)c1cccc(COC2CCOCC2)n1. The number of nitrogens with two attached hydrogens (primary N) is 1. The van der Waals surface area contributed by atoms with Crippen LogP contribution in [0.5, 0.6) is 0 Å². The van der Waals surface area contributed by atoms with Crippen molar-refractivity contribution in [2.75, 3.05) is 13.2 Å². The summed E-state index contributed by atoms with van der Waals surface area (Å²) in [6.07, 6.45) is 2.03. The maximum atomic E-state index is 11.3. The number of carbonyl (C=O) groups excluding carboxylic acids is 1. The number of rotatable bonds is 4. The van der Waals surface area contributed by atoms with Gasteiger partial charge in [-0.3, -0.25) is 10.2 Å². The molecule has 18 heavy (non-hydrogen) atoms. The molecule has 0 radical (unpaired) electrons. The highest BCUT2D eigenvalue weighted by Crippen LogP contribution is 2.12. The molecule has 0 bridgehead atoms. The van der Waals surface area contributed by atoms with Crippen molar-refractivity contribution in [1.82, 2.24) is 10.4 Å². The molecule has 0 aliphatic carbocycles. The van der Waals surface area contributed by atoms with Gasteiger partial charge < -0.3 is 9.47 Å². The normalized spacial score (nSPS) is 16.5. The Morgan fingerprint density at radius 2 is 2.28 bits per heavy atom. The summed E-state index contributed by atoms with van der Waals surface area (Å²) in [7, 11) is 0. The van der Waals surface area contributed by atoms with Gasteiger partial charge >= 0.3 is 0 Å². The number of hydrazine groups is 1. The van der Waals surface area contributed by atoms with Crippen LogP contribution >= 0.6 is 0 Å². The highest BCUT2D eigenvalue weighted by molar-refractivity contribution is 5.91. The van der Waals surface area contributed by atoms with E-state index in [1.807, 2.05) is 6.07 Å². The zero-order valence-electron chi connectivity index (χ0n) is 10.1. The van der Waals surface area contributed by atoms with Crippen LogP contribution in [0.1, 0.15) is 29.0 Å². The van der Waals surface area contributed by atoms with Gasteiger partial charge in [-0.25, -0.2) is 10.8 Å². The Balaban J connectivity index is 1.90. The Morgan fingerprint density at radius 1 is 1.50 bits per heavy atom. The molecular formula is C12H17N3O3. The summed E-state index contributed by atoms with van der Waals surface area (Å²) in [5.74, 6) is 4.66. The molecule has 2 heterocycles. The Hall–Kier alpha value is -1.50. The van der Waals surface area contributed by atoms with E-state index in [0.29, 0.717) is 12.3 Å². The first kappa shape index (κ1) is 12.9. The molecule has 98 valence electrons. The van der Waals surface area contributed by atoms with Crippen molar-refractivity contribution in [2.45, 2.75) is 25.6 Å². The molecule has 2 rings (SSSR count). The van der Waals surface area contributed by atoms with Gasteiger partial charge in [-0.2, -0.15) is 0 Å². The second-order valence-electron chi connectivity index (χ2n) is 4.11. The summed E-state index contributed by atoms with van der Waals surface area (Å²) >= 11 is 0. The molecule has 1 aromatic heterocycles. The molecule has 1 aromatic rings. The summed E-state index contributed by atoms with van der Waals surface area (Å²) in [6, 6.07) is 5.20. The maximum absolute atomic E-state index is 11.3. The van der Waals surface area contributed by atoms with Gasteiger partial charge in [0.1, 0.15) is 5.69 Å². The first-order valence-electron chi connectivity index (χ1n) is 5.96. The number of aromatic nitrogens is 1. The predicted molar refractivity (Wildman–Crippen MR) is 64.5 cm³/mol. The van der Waals surface area contributed by atoms with Gasteiger partial charge in [0.15, 0.2) is 0 Å². The molecule has 0 spiro atoms. The lowest BCUT2D eigenvalue weighted by molar-refractivity contribution is -0.0399. The van der Waals surface area contributed by atoms with E-state index in [9.17, 15) is 4.79 Å². The van der Waals surface area contributed by atoms with E-state index in [-0.39, 0.29) is 6.10 Å².